The third kappa shape index (κ3) is 5.34. The third-order valence-corrected chi connectivity index (χ3v) is 7.03. The molecule has 1 aromatic rings. The van der Waals surface area contributed by atoms with Gasteiger partial charge in [-0.1, -0.05) is 35.9 Å². The Morgan fingerprint density at radius 2 is 1.16 bits per heavy atom. The van der Waals surface area contributed by atoms with Gasteiger partial charge in [-0.05, 0) is 6.07 Å². The van der Waals surface area contributed by atoms with Crippen molar-refractivity contribution in [1.29, 1.82) is 0 Å². The van der Waals surface area contributed by atoms with E-state index in [-0.39, 0.29) is 12.1 Å². The average Bonchev–Trinajstić information content (AvgIpc) is 2.77. The molecule has 17 nitrogen and oxygen atoms in total. The fraction of sp³-hybridized carbons (Fsp3) is 0.500. The molecule has 38 heavy (non-hydrogen) atoms. The van der Waals surface area contributed by atoms with Crippen LogP contribution in [-0.4, -0.2) is 91.5 Å². The number of benzene rings is 1. The maximum atomic E-state index is 13.7. The molecule has 1 aromatic carbocycles. The summed E-state index contributed by atoms with van der Waals surface area (Å²) in [4.78, 5) is 28.9. The average molecular weight is 593 g/mol. The number of hydrogen-bond acceptors (Lipinski definition) is 12. The molecule has 1 saturated heterocycles. The number of rotatable bonds is 9. The first kappa shape index (κ1) is 30.6. The predicted molar refractivity (Wildman–Crippen MR) is 98.8 cm³/mol. The molecule has 0 spiro atoms. The number of hydrazine groups is 1. The Labute approximate surface area is 203 Å². The number of nitro groups is 3. The monoisotopic (exact) mass is 593 g/mol. The largest absolute Gasteiger partial charge is 0.296 e. The number of hydrogen-bond donors (Lipinski definition) is 0. The number of sulfonamides is 1. The number of halogens is 8. The molecule has 0 N–H and O–H groups in total. The molecule has 0 amide bonds. The summed E-state index contributed by atoms with van der Waals surface area (Å²) in [6, 6.07) is 0.430. The fourth-order valence-corrected chi connectivity index (χ4v) is 4.98. The van der Waals surface area contributed by atoms with Crippen LogP contribution < -0.4 is 0 Å². The summed E-state index contributed by atoms with van der Waals surface area (Å²) in [6.07, 6.45) is 0. The van der Waals surface area contributed by atoms with Crippen LogP contribution >= 0.6 is 0 Å². The van der Waals surface area contributed by atoms with E-state index in [1.807, 2.05) is 0 Å². The number of nitro benzene ring substituents is 2. The van der Waals surface area contributed by atoms with E-state index in [0.29, 0.717) is 6.07 Å². The number of non-ortho nitro benzene ring substituents is 1. The van der Waals surface area contributed by atoms with E-state index >= 15 is 0 Å². The van der Waals surface area contributed by atoms with Crippen LogP contribution in [0.15, 0.2) is 23.1 Å². The summed E-state index contributed by atoms with van der Waals surface area (Å²) >= 11 is 0. The lowest BCUT2D eigenvalue weighted by molar-refractivity contribution is -0.669. The highest BCUT2D eigenvalue weighted by molar-refractivity contribution is 7.89. The van der Waals surface area contributed by atoms with Crippen molar-refractivity contribution in [2.24, 2.45) is 0 Å². The van der Waals surface area contributed by atoms with Crippen LogP contribution in [0.3, 0.4) is 0 Å². The minimum Gasteiger partial charge on any atom is -0.258 e. The molecule has 0 saturated carbocycles. The first-order valence-corrected chi connectivity index (χ1v) is 10.6. The van der Waals surface area contributed by atoms with Gasteiger partial charge in [-0.3, -0.25) is 20.2 Å². The van der Waals surface area contributed by atoms with Crippen LogP contribution in [0.2, 0.25) is 0 Å². The maximum absolute atomic E-state index is 13.7. The maximum Gasteiger partial charge on any atom is 0.296 e. The van der Waals surface area contributed by atoms with Crippen LogP contribution in [0, 0.1) is 30.3 Å². The van der Waals surface area contributed by atoms with Gasteiger partial charge >= 0.3 is 0 Å². The van der Waals surface area contributed by atoms with E-state index in [4.69, 9.17) is 0 Å². The van der Waals surface area contributed by atoms with Gasteiger partial charge in [-0.15, -0.1) is 5.01 Å². The number of nitrogens with zero attached hydrogens (tertiary/aromatic N) is 9. The fourth-order valence-electron chi connectivity index (χ4n) is 3.31. The quantitative estimate of drug-likeness (QED) is 0.133. The Morgan fingerprint density at radius 1 is 0.737 bits per heavy atom. The second-order valence-electron chi connectivity index (χ2n) is 7.40. The SMILES string of the molecule is O=[N+]([O-])c1ccc(S(=O)(=O)N2CC(N(F)F)(N(F)F)CN([N+](=O)[O-])CC(N(F)F)(N(F)F)C2)c([N+](=O)[O-])c1. The van der Waals surface area contributed by atoms with Gasteiger partial charge in [-0.2, -0.15) is 4.31 Å². The molecule has 0 aromatic heterocycles. The van der Waals surface area contributed by atoms with Crippen LogP contribution in [0.4, 0.5) is 47.2 Å². The normalized spacial score (nSPS) is 18.6. The summed E-state index contributed by atoms with van der Waals surface area (Å²) in [5.41, 5.74) is -11.6. The van der Waals surface area contributed by atoms with Crippen LogP contribution in [-0.2, 0) is 10.0 Å². The molecule has 214 valence electrons. The van der Waals surface area contributed by atoms with E-state index in [1.165, 1.54) is 0 Å². The highest BCUT2D eigenvalue weighted by Crippen LogP contribution is 2.38. The van der Waals surface area contributed by atoms with Gasteiger partial charge in [-0.25, -0.2) is 18.5 Å². The molecule has 1 aliphatic rings. The van der Waals surface area contributed by atoms with Crippen LogP contribution in [0.25, 0.3) is 0 Å². The van der Waals surface area contributed by atoms with Crippen LogP contribution in [0.5, 0.6) is 0 Å². The molecule has 0 radical (unpaired) electrons. The second-order valence-corrected chi connectivity index (χ2v) is 9.30. The Balaban J connectivity index is 2.90. The third-order valence-electron chi connectivity index (χ3n) is 5.19. The lowest BCUT2D eigenvalue weighted by atomic mass is 10.1. The van der Waals surface area contributed by atoms with Crippen molar-refractivity contribution < 1.29 is 59.1 Å². The van der Waals surface area contributed by atoms with Gasteiger partial charge < -0.3 is 0 Å². The molecule has 0 aliphatic carbocycles. The molecule has 1 heterocycles. The summed E-state index contributed by atoms with van der Waals surface area (Å²) in [7, 11) is -5.99. The first-order chi connectivity index (χ1) is 17.3. The van der Waals surface area contributed by atoms with Gasteiger partial charge in [0.25, 0.3) is 11.4 Å². The molecule has 1 fully saturated rings. The highest BCUT2D eigenvalue weighted by atomic mass is 32.2. The van der Waals surface area contributed by atoms with Crippen molar-refractivity contribution in [3.63, 3.8) is 0 Å². The molecular formula is C12H11F8N9O8S. The van der Waals surface area contributed by atoms with E-state index in [0.717, 1.165) is 0 Å². The van der Waals surface area contributed by atoms with Gasteiger partial charge in [0.15, 0.2) is 9.93 Å². The predicted octanol–water partition coefficient (Wildman–Crippen LogP) is 1.68. The molecule has 2 rings (SSSR count). The van der Waals surface area contributed by atoms with E-state index < -0.39 is 109 Å². The highest BCUT2D eigenvalue weighted by Gasteiger charge is 2.62. The van der Waals surface area contributed by atoms with Crippen molar-refractivity contribution >= 4 is 21.4 Å². The zero-order valence-corrected chi connectivity index (χ0v) is 18.6. The molecule has 0 bridgehead atoms. The van der Waals surface area contributed by atoms with Gasteiger partial charge in [0, 0.05) is 6.07 Å². The molecule has 26 heteroatoms. The van der Waals surface area contributed by atoms with Gasteiger partial charge in [0.05, 0.1) is 50.4 Å². The van der Waals surface area contributed by atoms with E-state index in [9.17, 15) is 74.6 Å². The Hall–Kier alpha value is -3.59. The minimum absolute atomic E-state index is 0.0202. The zero-order chi connectivity index (χ0) is 29.4. The van der Waals surface area contributed by atoms with Crippen molar-refractivity contribution in [3.8, 4) is 0 Å². The minimum atomic E-state index is -5.99. The zero-order valence-electron chi connectivity index (χ0n) is 17.8. The van der Waals surface area contributed by atoms with Gasteiger partial charge in [0.2, 0.25) is 21.3 Å². The standard InChI is InChI=1S/C12H11F8N9O8S/c13-25(14)11(26(15)16)4-21(29(34)35)5-12(27(17)18,28(19)20)7-22(6-11)38(36,37)10-2-1-8(23(30)31)3-9(10)24(32)33/h1-3H,4-7H2. The Kier molecular flexibility index (Phi) is 8.58. The van der Waals surface area contributed by atoms with Crippen molar-refractivity contribution in [2.45, 2.75) is 16.2 Å². The molecular weight excluding hydrogens is 582 g/mol. The van der Waals surface area contributed by atoms with Crippen LogP contribution in [0.1, 0.15) is 0 Å². The summed E-state index contributed by atoms with van der Waals surface area (Å²) < 4.78 is 135. The van der Waals surface area contributed by atoms with Crippen molar-refractivity contribution in [2.75, 3.05) is 26.2 Å². The lowest BCUT2D eigenvalue weighted by Gasteiger charge is -2.44. The topological polar surface area (TPSA) is 183 Å². The summed E-state index contributed by atoms with van der Waals surface area (Å²) in [6.45, 7) is -9.70. The summed E-state index contributed by atoms with van der Waals surface area (Å²) in [5, 5.41) is 20.9. The summed E-state index contributed by atoms with van der Waals surface area (Å²) in [5.74, 6) is 0. The van der Waals surface area contributed by atoms with E-state index in [2.05, 4.69) is 0 Å². The molecule has 1 aliphatic heterocycles. The molecule has 0 atom stereocenters. The first-order valence-electron chi connectivity index (χ1n) is 9.13. The van der Waals surface area contributed by atoms with Gasteiger partial charge in [0.1, 0.15) is 13.1 Å². The second kappa shape index (κ2) is 10.6. The molecule has 0 unspecified atom stereocenters. The van der Waals surface area contributed by atoms with E-state index in [1.54, 1.807) is 0 Å². The Morgan fingerprint density at radius 3 is 1.47 bits per heavy atom. The van der Waals surface area contributed by atoms with Crippen molar-refractivity contribution in [1.82, 2.24) is 30.7 Å². The smallest absolute Gasteiger partial charge is 0.258 e. The Bertz CT molecular complexity index is 1160. The lowest BCUT2D eigenvalue weighted by Crippen LogP contribution is -2.72. The van der Waals surface area contributed by atoms with Crippen molar-refractivity contribution in [3.05, 3.63) is 48.5 Å².